The predicted octanol–water partition coefficient (Wildman–Crippen LogP) is 3.73. The molecule has 208 valence electrons. The molecule has 0 radical (unpaired) electrons. The number of halogens is 4. The molecular weight excluding hydrogens is 559 g/mol. The van der Waals surface area contributed by atoms with E-state index in [0.717, 1.165) is 31.3 Å². The number of alkyl halides is 3. The largest absolute Gasteiger partial charge is 0.413 e. The lowest BCUT2D eigenvalue weighted by atomic mass is 9.86. The number of aromatic nitrogens is 3. The number of anilines is 2. The number of hydrogen-bond donors (Lipinski definition) is 0. The fourth-order valence-electron chi connectivity index (χ4n) is 6.03. The van der Waals surface area contributed by atoms with E-state index in [-0.39, 0.29) is 31.0 Å². The van der Waals surface area contributed by atoms with Gasteiger partial charge in [0.1, 0.15) is 4.75 Å². The summed E-state index contributed by atoms with van der Waals surface area (Å²) >= 11 is 6.05. The fourth-order valence-corrected chi connectivity index (χ4v) is 8.33. The van der Waals surface area contributed by atoms with Crippen LogP contribution >= 0.6 is 11.6 Å². The summed E-state index contributed by atoms with van der Waals surface area (Å²) in [5.74, 6) is -2.16. The zero-order valence-corrected chi connectivity index (χ0v) is 22.4. The Kier molecular flexibility index (Phi) is 6.12. The van der Waals surface area contributed by atoms with Crippen molar-refractivity contribution in [2.75, 3.05) is 37.5 Å². The Bertz CT molecular complexity index is 1560. The maximum Gasteiger partial charge on any atom is 0.413 e. The Labute approximate surface area is 227 Å². The van der Waals surface area contributed by atoms with Gasteiger partial charge in [-0.25, -0.2) is 17.9 Å². The molecule has 5 heterocycles. The van der Waals surface area contributed by atoms with E-state index in [1.165, 1.54) is 12.1 Å². The van der Waals surface area contributed by atoms with E-state index in [9.17, 15) is 26.4 Å². The van der Waals surface area contributed by atoms with Crippen LogP contribution in [0.15, 0.2) is 36.5 Å². The summed E-state index contributed by atoms with van der Waals surface area (Å²) in [6, 6.07) is 5.31. The third-order valence-corrected chi connectivity index (χ3v) is 10.8. The van der Waals surface area contributed by atoms with Crippen molar-refractivity contribution in [2.24, 2.45) is 5.92 Å². The number of nitrogens with zero attached hydrogens (tertiary/aromatic N) is 5. The van der Waals surface area contributed by atoms with Gasteiger partial charge in [-0.05, 0) is 37.0 Å². The van der Waals surface area contributed by atoms with Gasteiger partial charge in [0.25, 0.3) is 0 Å². The first-order valence-corrected chi connectivity index (χ1v) is 14.5. The third kappa shape index (κ3) is 4.08. The molecule has 2 atom stereocenters. The maximum atomic E-state index is 14.4. The van der Waals surface area contributed by atoms with Crippen LogP contribution < -0.4 is 4.90 Å². The van der Waals surface area contributed by atoms with Gasteiger partial charge in [0.15, 0.2) is 26.7 Å². The Morgan fingerprint density at radius 2 is 1.97 bits per heavy atom. The molecule has 3 aliphatic heterocycles. The smallest absolute Gasteiger partial charge is 0.378 e. The van der Waals surface area contributed by atoms with Crippen molar-refractivity contribution in [3.8, 4) is 0 Å². The molecule has 1 amide bonds. The van der Waals surface area contributed by atoms with Crippen LogP contribution in [0.3, 0.4) is 0 Å². The number of carbonyl (C=O) groups excluding carboxylic acids is 1. The van der Waals surface area contributed by atoms with Crippen LogP contribution in [0.4, 0.5) is 24.5 Å². The van der Waals surface area contributed by atoms with Crippen molar-refractivity contribution in [3.05, 3.63) is 52.9 Å². The van der Waals surface area contributed by atoms with Gasteiger partial charge in [-0.3, -0.25) is 4.79 Å². The first kappa shape index (κ1) is 26.3. The van der Waals surface area contributed by atoms with Gasteiger partial charge in [-0.2, -0.15) is 18.3 Å². The normalized spacial score (nSPS) is 22.5. The molecule has 2 fully saturated rings. The second-order valence-corrected chi connectivity index (χ2v) is 13.1. The molecule has 0 unspecified atom stereocenters. The number of rotatable bonds is 4. The molecule has 39 heavy (non-hydrogen) atoms. The number of benzene rings is 1. The predicted molar refractivity (Wildman–Crippen MR) is 137 cm³/mol. The second kappa shape index (κ2) is 9.07. The molecule has 3 aromatic rings. The lowest BCUT2D eigenvalue weighted by Gasteiger charge is -2.42. The standard InChI is InChI=1S/C25H25ClF3N5O4S/c1-32(23(35)17-8-10-39(36,37)24(17)13-38-14-24)22(25(27,28)29)15-4-6-16(7-5-15)33-9-2-3-18-19(33)12-30-21-11-20(26)31-34(18)21/h4-7,11-12,17,22H,2-3,8-10,13-14H2,1H3/t17-,22+/m1/s1. The van der Waals surface area contributed by atoms with Crippen molar-refractivity contribution in [1.29, 1.82) is 0 Å². The van der Waals surface area contributed by atoms with Gasteiger partial charge < -0.3 is 14.5 Å². The van der Waals surface area contributed by atoms with Crippen molar-refractivity contribution in [2.45, 2.75) is 36.2 Å². The molecule has 1 aromatic carbocycles. The van der Waals surface area contributed by atoms with Gasteiger partial charge in [0, 0.05) is 25.3 Å². The highest BCUT2D eigenvalue weighted by Crippen LogP contribution is 2.46. The van der Waals surface area contributed by atoms with E-state index in [1.807, 2.05) is 4.90 Å². The number of hydrogen-bond acceptors (Lipinski definition) is 7. The molecule has 3 aliphatic rings. The highest BCUT2D eigenvalue weighted by Gasteiger charge is 2.63. The lowest BCUT2D eigenvalue weighted by molar-refractivity contribution is -0.192. The number of carbonyl (C=O) groups is 1. The first-order valence-electron chi connectivity index (χ1n) is 12.5. The van der Waals surface area contributed by atoms with Gasteiger partial charge in [-0.15, -0.1) is 0 Å². The first-order chi connectivity index (χ1) is 18.4. The van der Waals surface area contributed by atoms with Gasteiger partial charge in [-0.1, -0.05) is 23.7 Å². The summed E-state index contributed by atoms with van der Waals surface area (Å²) in [4.78, 5) is 20.4. The molecule has 9 nitrogen and oxygen atoms in total. The van der Waals surface area contributed by atoms with E-state index in [1.54, 1.807) is 28.9 Å². The monoisotopic (exact) mass is 583 g/mol. The van der Waals surface area contributed by atoms with Crippen LogP contribution in [-0.2, 0) is 25.8 Å². The van der Waals surface area contributed by atoms with Crippen LogP contribution in [0.5, 0.6) is 0 Å². The summed E-state index contributed by atoms with van der Waals surface area (Å²) in [7, 11) is -2.55. The SMILES string of the molecule is CN(C(=O)[C@H]1CCS(=O)(=O)C12COC2)[C@@H](c1ccc(N2CCCc3c2cnc2cc(Cl)nn32)cc1)C(F)(F)F. The molecule has 0 bridgehead atoms. The minimum Gasteiger partial charge on any atom is -0.378 e. The zero-order chi connectivity index (χ0) is 27.7. The minimum absolute atomic E-state index is 0.0183. The number of sulfone groups is 1. The van der Waals surface area contributed by atoms with Crippen LogP contribution in [-0.4, -0.2) is 77.3 Å². The van der Waals surface area contributed by atoms with Gasteiger partial charge in [0.05, 0.1) is 42.5 Å². The Morgan fingerprint density at radius 3 is 2.62 bits per heavy atom. The molecule has 14 heteroatoms. The highest BCUT2D eigenvalue weighted by atomic mass is 35.5. The average Bonchev–Trinajstić information content (AvgIpc) is 3.38. The van der Waals surface area contributed by atoms with E-state index >= 15 is 0 Å². The molecule has 0 saturated carbocycles. The quantitative estimate of drug-likeness (QED) is 0.462. The number of fused-ring (bicyclic) bond motifs is 3. The third-order valence-electron chi connectivity index (χ3n) is 8.10. The van der Waals surface area contributed by atoms with Gasteiger partial charge in [0.2, 0.25) is 5.91 Å². The van der Waals surface area contributed by atoms with E-state index in [2.05, 4.69) is 10.1 Å². The zero-order valence-electron chi connectivity index (χ0n) is 20.9. The number of amides is 1. The summed E-state index contributed by atoms with van der Waals surface area (Å²) in [6.07, 6.45) is -1.55. The molecule has 0 N–H and O–H groups in total. The van der Waals surface area contributed by atoms with Crippen molar-refractivity contribution >= 4 is 44.4 Å². The Hall–Kier alpha value is -2.90. The topological polar surface area (TPSA) is 97.1 Å². The van der Waals surface area contributed by atoms with Crippen molar-refractivity contribution in [1.82, 2.24) is 19.5 Å². The highest BCUT2D eigenvalue weighted by molar-refractivity contribution is 7.93. The van der Waals surface area contributed by atoms with Crippen LogP contribution in [0.2, 0.25) is 5.15 Å². The minimum atomic E-state index is -4.78. The molecule has 2 saturated heterocycles. The van der Waals surface area contributed by atoms with Crippen LogP contribution in [0.25, 0.3) is 5.65 Å². The lowest BCUT2D eigenvalue weighted by Crippen LogP contribution is -2.61. The Balaban J connectivity index is 1.30. The average molecular weight is 584 g/mol. The summed E-state index contributed by atoms with van der Waals surface area (Å²) in [6.45, 7) is 0.290. The second-order valence-electron chi connectivity index (χ2n) is 10.3. The summed E-state index contributed by atoms with van der Waals surface area (Å²) < 4.78 is 73.6. The maximum absolute atomic E-state index is 14.4. The molecular formula is C25H25ClF3N5O4S. The van der Waals surface area contributed by atoms with E-state index < -0.39 is 38.6 Å². The summed E-state index contributed by atoms with van der Waals surface area (Å²) in [5, 5.41) is 4.62. The Morgan fingerprint density at radius 1 is 1.26 bits per heavy atom. The number of ether oxygens (including phenoxy) is 1. The van der Waals surface area contributed by atoms with Crippen LogP contribution in [0, 0.1) is 5.92 Å². The molecule has 1 spiro atoms. The summed E-state index contributed by atoms with van der Waals surface area (Å²) in [5.41, 5.74) is 2.85. The van der Waals surface area contributed by atoms with Crippen molar-refractivity contribution in [3.63, 3.8) is 0 Å². The van der Waals surface area contributed by atoms with Crippen LogP contribution in [0.1, 0.15) is 30.1 Å². The fraction of sp³-hybridized carbons (Fsp3) is 0.480. The molecule has 2 aromatic heterocycles. The number of aryl methyl sites for hydroxylation is 1. The van der Waals surface area contributed by atoms with Gasteiger partial charge >= 0.3 is 6.18 Å². The van der Waals surface area contributed by atoms with E-state index in [4.69, 9.17) is 16.3 Å². The van der Waals surface area contributed by atoms with Crippen molar-refractivity contribution < 1.29 is 31.1 Å². The molecule has 6 rings (SSSR count). The molecule has 0 aliphatic carbocycles. The van der Waals surface area contributed by atoms with E-state index in [0.29, 0.717) is 27.9 Å².